The van der Waals surface area contributed by atoms with Crippen LogP contribution in [0.5, 0.6) is 5.75 Å². The second-order valence-electron chi connectivity index (χ2n) is 5.83. The predicted octanol–water partition coefficient (Wildman–Crippen LogP) is 2.22. The number of benzene rings is 1. The molecule has 0 spiro atoms. The first-order valence-corrected chi connectivity index (χ1v) is 7.06. The van der Waals surface area contributed by atoms with Gasteiger partial charge in [-0.25, -0.2) is 0 Å². The Kier molecular flexibility index (Phi) is 4.48. The van der Waals surface area contributed by atoms with Gasteiger partial charge in [-0.3, -0.25) is 0 Å². The standard InChI is InChI=1S/C16H25NO2/c1-12-8-14(15(19-3)9-13(12)2)4-7-17-10-16(11-18)5-6-16/h8-9,17-18H,4-7,10-11H2,1-3H3. The van der Waals surface area contributed by atoms with E-state index in [1.807, 2.05) is 0 Å². The average molecular weight is 263 g/mol. The van der Waals surface area contributed by atoms with Crippen LogP contribution in [0.25, 0.3) is 0 Å². The molecule has 3 nitrogen and oxygen atoms in total. The first-order chi connectivity index (χ1) is 9.10. The summed E-state index contributed by atoms with van der Waals surface area (Å²) in [7, 11) is 1.73. The van der Waals surface area contributed by atoms with Gasteiger partial charge in [-0.2, -0.15) is 0 Å². The molecule has 2 N–H and O–H groups in total. The lowest BCUT2D eigenvalue weighted by Crippen LogP contribution is -2.28. The van der Waals surface area contributed by atoms with Crippen LogP contribution in [0.1, 0.15) is 29.5 Å². The Hall–Kier alpha value is -1.06. The number of methoxy groups -OCH3 is 1. The molecule has 1 aliphatic rings. The van der Waals surface area contributed by atoms with E-state index < -0.39 is 0 Å². The summed E-state index contributed by atoms with van der Waals surface area (Å²) in [4.78, 5) is 0. The van der Waals surface area contributed by atoms with Gasteiger partial charge in [0.05, 0.1) is 7.11 Å². The summed E-state index contributed by atoms with van der Waals surface area (Å²) in [6.45, 7) is 6.42. The third-order valence-corrected chi connectivity index (χ3v) is 4.26. The van der Waals surface area contributed by atoms with Crippen LogP contribution in [0.2, 0.25) is 0 Å². The monoisotopic (exact) mass is 263 g/mol. The number of hydrogen-bond donors (Lipinski definition) is 2. The highest BCUT2D eigenvalue weighted by Crippen LogP contribution is 2.44. The van der Waals surface area contributed by atoms with Crippen molar-refractivity contribution in [3.8, 4) is 5.75 Å². The minimum Gasteiger partial charge on any atom is -0.496 e. The molecule has 1 saturated carbocycles. The van der Waals surface area contributed by atoms with E-state index in [9.17, 15) is 5.11 Å². The fourth-order valence-electron chi connectivity index (χ4n) is 2.38. The van der Waals surface area contributed by atoms with Gasteiger partial charge in [0, 0.05) is 18.6 Å². The summed E-state index contributed by atoms with van der Waals surface area (Å²) in [6, 6.07) is 4.33. The molecule has 2 rings (SSSR count). The zero-order chi connectivity index (χ0) is 13.9. The Labute approximate surface area is 116 Å². The average Bonchev–Trinajstić information content (AvgIpc) is 3.19. The SMILES string of the molecule is COc1cc(C)c(C)cc1CCNCC1(CO)CC1. The minimum absolute atomic E-state index is 0.188. The fourth-order valence-corrected chi connectivity index (χ4v) is 2.38. The van der Waals surface area contributed by atoms with Crippen LogP contribution >= 0.6 is 0 Å². The molecule has 0 aromatic heterocycles. The van der Waals surface area contributed by atoms with Gasteiger partial charge in [0.15, 0.2) is 0 Å². The molecule has 0 radical (unpaired) electrons. The van der Waals surface area contributed by atoms with E-state index in [0.717, 1.165) is 38.1 Å². The Bertz CT molecular complexity index is 439. The molecule has 106 valence electrons. The van der Waals surface area contributed by atoms with Gasteiger partial charge in [0.25, 0.3) is 0 Å². The van der Waals surface area contributed by atoms with Crippen molar-refractivity contribution < 1.29 is 9.84 Å². The topological polar surface area (TPSA) is 41.5 Å². The molecule has 3 heteroatoms. The molecule has 0 atom stereocenters. The molecule has 0 bridgehead atoms. The number of nitrogens with one attached hydrogen (secondary N) is 1. The Morgan fingerprint density at radius 1 is 1.26 bits per heavy atom. The van der Waals surface area contributed by atoms with E-state index in [4.69, 9.17) is 4.74 Å². The van der Waals surface area contributed by atoms with Gasteiger partial charge in [0.1, 0.15) is 5.75 Å². The maximum Gasteiger partial charge on any atom is 0.122 e. The number of aryl methyl sites for hydroxylation is 2. The molecule has 1 aliphatic carbocycles. The summed E-state index contributed by atoms with van der Waals surface area (Å²) >= 11 is 0. The van der Waals surface area contributed by atoms with Crippen LogP contribution in [0.15, 0.2) is 12.1 Å². The third-order valence-electron chi connectivity index (χ3n) is 4.26. The van der Waals surface area contributed by atoms with Crippen molar-refractivity contribution in [2.75, 3.05) is 26.8 Å². The third kappa shape index (κ3) is 3.48. The van der Waals surface area contributed by atoms with Crippen molar-refractivity contribution in [1.82, 2.24) is 5.32 Å². The molecule has 0 heterocycles. The molecular weight excluding hydrogens is 238 g/mol. The largest absolute Gasteiger partial charge is 0.496 e. The van der Waals surface area contributed by atoms with E-state index in [-0.39, 0.29) is 5.41 Å². The lowest BCUT2D eigenvalue weighted by atomic mass is 10.0. The minimum atomic E-state index is 0.188. The lowest BCUT2D eigenvalue weighted by molar-refractivity contribution is 0.208. The molecule has 19 heavy (non-hydrogen) atoms. The van der Waals surface area contributed by atoms with E-state index in [1.54, 1.807) is 7.11 Å². The van der Waals surface area contributed by atoms with Crippen LogP contribution < -0.4 is 10.1 Å². The summed E-state index contributed by atoms with van der Waals surface area (Å²) in [5, 5.41) is 12.7. The van der Waals surface area contributed by atoms with Crippen molar-refractivity contribution in [3.05, 3.63) is 28.8 Å². The van der Waals surface area contributed by atoms with Crippen molar-refractivity contribution in [2.24, 2.45) is 5.41 Å². The van der Waals surface area contributed by atoms with Crippen LogP contribution in [-0.4, -0.2) is 31.9 Å². The molecule has 1 aromatic carbocycles. The summed E-state index contributed by atoms with van der Waals surface area (Å²) in [5.74, 6) is 0.980. The first-order valence-electron chi connectivity index (χ1n) is 7.06. The van der Waals surface area contributed by atoms with Crippen LogP contribution in [0.4, 0.5) is 0 Å². The molecule has 1 aromatic rings. The maximum absolute atomic E-state index is 9.26. The van der Waals surface area contributed by atoms with Crippen LogP contribution in [0, 0.1) is 19.3 Å². The Morgan fingerprint density at radius 3 is 2.53 bits per heavy atom. The molecule has 0 saturated heterocycles. The highest BCUT2D eigenvalue weighted by Gasteiger charge is 2.41. The van der Waals surface area contributed by atoms with Gasteiger partial charge in [-0.05, 0) is 62.4 Å². The first kappa shape index (κ1) is 14.4. The molecule has 1 fully saturated rings. The molecule has 0 amide bonds. The summed E-state index contributed by atoms with van der Waals surface area (Å²) in [5.41, 5.74) is 4.02. The second-order valence-corrected chi connectivity index (χ2v) is 5.83. The normalized spacial score (nSPS) is 16.4. The van der Waals surface area contributed by atoms with Gasteiger partial charge in [0.2, 0.25) is 0 Å². The maximum atomic E-state index is 9.26. The highest BCUT2D eigenvalue weighted by atomic mass is 16.5. The fraction of sp³-hybridized carbons (Fsp3) is 0.625. The number of rotatable bonds is 7. The zero-order valence-electron chi connectivity index (χ0n) is 12.3. The lowest BCUT2D eigenvalue weighted by Gasteiger charge is -2.15. The predicted molar refractivity (Wildman–Crippen MR) is 77.8 cm³/mol. The number of aliphatic hydroxyl groups is 1. The molecular formula is C16H25NO2. The van der Waals surface area contributed by atoms with Crippen molar-refractivity contribution in [2.45, 2.75) is 33.1 Å². The highest BCUT2D eigenvalue weighted by molar-refractivity contribution is 5.41. The van der Waals surface area contributed by atoms with Crippen molar-refractivity contribution >= 4 is 0 Å². The van der Waals surface area contributed by atoms with Gasteiger partial charge in [-0.15, -0.1) is 0 Å². The number of hydrogen-bond acceptors (Lipinski definition) is 3. The number of aliphatic hydroxyl groups excluding tert-OH is 1. The van der Waals surface area contributed by atoms with E-state index in [2.05, 4.69) is 31.3 Å². The summed E-state index contributed by atoms with van der Waals surface area (Å²) in [6.07, 6.45) is 3.28. The van der Waals surface area contributed by atoms with E-state index in [1.165, 1.54) is 16.7 Å². The second kappa shape index (κ2) is 5.93. The van der Waals surface area contributed by atoms with Crippen molar-refractivity contribution in [3.63, 3.8) is 0 Å². The van der Waals surface area contributed by atoms with E-state index >= 15 is 0 Å². The zero-order valence-corrected chi connectivity index (χ0v) is 12.3. The van der Waals surface area contributed by atoms with Crippen LogP contribution in [0.3, 0.4) is 0 Å². The van der Waals surface area contributed by atoms with Gasteiger partial charge >= 0.3 is 0 Å². The van der Waals surface area contributed by atoms with E-state index in [0.29, 0.717) is 6.61 Å². The smallest absolute Gasteiger partial charge is 0.122 e. The summed E-state index contributed by atoms with van der Waals surface area (Å²) < 4.78 is 5.44. The van der Waals surface area contributed by atoms with Gasteiger partial charge in [-0.1, -0.05) is 6.07 Å². The van der Waals surface area contributed by atoms with Crippen molar-refractivity contribution in [1.29, 1.82) is 0 Å². The molecule has 0 aliphatic heterocycles. The quantitative estimate of drug-likeness (QED) is 0.741. The number of ether oxygens (including phenoxy) is 1. The Morgan fingerprint density at radius 2 is 1.95 bits per heavy atom. The Balaban J connectivity index is 1.87. The van der Waals surface area contributed by atoms with Crippen LogP contribution in [-0.2, 0) is 6.42 Å². The van der Waals surface area contributed by atoms with Gasteiger partial charge < -0.3 is 15.2 Å². The molecule has 0 unspecified atom stereocenters.